The van der Waals surface area contributed by atoms with Crippen LogP contribution in [0.15, 0.2) is 0 Å². The van der Waals surface area contributed by atoms with Crippen molar-refractivity contribution in [3.8, 4) is 0 Å². The average Bonchev–Trinajstić information content (AvgIpc) is 2.49. The maximum absolute atomic E-state index is 11.6. The summed E-state index contributed by atoms with van der Waals surface area (Å²) in [5.74, 6) is 0.935. The summed E-state index contributed by atoms with van der Waals surface area (Å²) in [4.78, 5) is 11.6. The van der Waals surface area contributed by atoms with Gasteiger partial charge in [0.2, 0.25) is 8.32 Å². The highest BCUT2D eigenvalue weighted by atomic mass is 28.4. The molecule has 0 saturated carbocycles. The topological polar surface area (TPSA) is 26.3 Å². The SMILES string of the molecule is CCC(C)CCCCCCCCCCCCCC(=O)O[Si](C)(C)C. The molecule has 144 valence electrons. The second kappa shape index (κ2) is 15.0. The number of hydrogen-bond acceptors (Lipinski definition) is 2. The van der Waals surface area contributed by atoms with Crippen molar-refractivity contribution in [2.45, 2.75) is 123 Å². The van der Waals surface area contributed by atoms with Crippen molar-refractivity contribution in [2.75, 3.05) is 0 Å². The summed E-state index contributed by atoms with van der Waals surface area (Å²) in [6, 6.07) is 0. The molecule has 0 rings (SSSR count). The summed E-state index contributed by atoms with van der Waals surface area (Å²) in [6.07, 6.45) is 18.0. The van der Waals surface area contributed by atoms with E-state index in [1.165, 1.54) is 77.0 Å². The summed E-state index contributed by atoms with van der Waals surface area (Å²) < 4.78 is 5.46. The maximum Gasteiger partial charge on any atom is 0.292 e. The van der Waals surface area contributed by atoms with Crippen LogP contribution in [0.25, 0.3) is 0 Å². The van der Waals surface area contributed by atoms with Crippen molar-refractivity contribution in [3.05, 3.63) is 0 Å². The summed E-state index contributed by atoms with van der Waals surface area (Å²) in [5.41, 5.74) is 0. The molecular formula is C21H44O2Si. The zero-order chi connectivity index (χ0) is 18.3. The van der Waals surface area contributed by atoms with E-state index in [1.807, 2.05) is 0 Å². The van der Waals surface area contributed by atoms with Crippen LogP contribution in [0.1, 0.15) is 104 Å². The minimum Gasteiger partial charge on any atom is -0.520 e. The monoisotopic (exact) mass is 356 g/mol. The number of carbonyl (C=O) groups is 1. The van der Waals surface area contributed by atoms with Crippen LogP contribution in [0, 0.1) is 5.92 Å². The van der Waals surface area contributed by atoms with E-state index in [0.717, 1.165) is 12.3 Å². The first kappa shape index (κ1) is 23.7. The Morgan fingerprint density at radius 3 is 1.62 bits per heavy atom. The molecule has 1 unspecified atom stereocenters. The lowest BCUT2D eigenvalue weighted by Crippen LogP contribution is -2.28. The molecule has 0 saturated heterocycles. The van der Waals surface area contributed by atoms with Gasteiger partial charge in [-0.3, -0.25) is 4.79 Å². The first-order valence-corrected chi connectivity index (χ1v) is 14.0. The molecule has 3 heteroatoms. The predicted molar refractivity (Wildman–Crippen MR) is 109 cm³/mol. The van der Waals surface area contributed by atoms with Crippen LogP contribution in [0.5, 0.6) is 0 Å². The van der Waals surface area contributed by atoms with E-state index in [-0.39, 0.29) is 5.97 Å². The number of carbonyl (C=O) groups excluding carboxylic acids is 1. The fourth-order valence-corrected chi connectivity index (χ4v) is 3.73. The second-order valence-corrected chi connectivity index (χ2v) is 13.0. The zero-order valence-electron chi connectivity index (χ0n) is 17.3. The maximum atomic E-state index is 11.6. The molecule has 0 bridgehead atoms. The van der Waals surface area contributed by atoms with Gasteiger partial charge in [-0.1, -0.05) is 90.9 Å². The summed E-state index contributed by atoms with van der Waals surface area (Å²) in [6.45, 7) is 10.9. The zero-order valence-corrected chi connectivity index (χ0v) is 18.3. The van der Waals surface area contributed by atoms with Crippen LogP contribution in [-0.4, -0.2) is 14.3 Å². The van der Waals surface area contributed by atoms with E-state index >= 15 is 0 Å². The van der Waals surface area contributed by atoms with Gasteiger partial charge < -0.3 is 4.43 Å². The predicted octanol–water partition coefficient (Wildman–Crippen LogP) is 7.48. The highest BCUT2D eigenvalue weighted by Gasteiger charge is 2.19. The molecule has 0 aliphatic rings. The highest BCUT2D eigenvalue weighted by molar-refractivity contribution is 6.71. The molecule has 0 aliphatic heterocycles. The molecule has 0 aromatic rings. The van der Waals surface area contributed by atoms with Crippen LogP contribution in [0.4, 0.5) is 0 Å². The van der Waals surface area contributed by atoms with E-state index in [4.69, 9.17) is 4.43 Å². The first-order valence-electron chi connectivity index (χ1n) is 10.6. The highest BCUT2D eigenvalue weighted by Crippen LogP contribution is 2.15. The van der Waals surface area contributed by atoms with Gasteiger partial charge in [-0.25, -0.2) is 0 Å². The van der Waals surface area contributed by atoms with Crippen LogP contribution in [-0.2, 0) is 9.22 Å². The molecule has 0 aromatic heterocycles. The first-order chi connectivity index (χ1) is 11.3. The molecule has 0 heterocycles. The summed E-state index contributed by atoms with van der Waals surface area (Å²) in [5, 5.41) is 0. The van der Waals surface area contributed by atoms with E-state index in [0.29, 0.717) is 6.42 Å². The van der Waals surface area contributed by atoms with Gasteiger partial charge in [-0.15, -0.1) is 0 Å². The molecule has 0 spiro atoms. The lowest BCUT2D eigenvalue weighted by atomic mass is 9.99. The van der Waals surface area contributed by atoms with Gasteiger partial charge in [0.25, 0.3) is 5.97 Å². The quantitative estimate of drug-likeness (QED) is 0.211. The largest absolute Gasteiger partial charge is 0.520 e. The smallest absolute Gasteiger partial charge is 0.292 e. The van der Waals surface area contributed by atoms with Crippen molar-refractivity contribution in [3.63, 3.8) is 0 Å². The van der Waals surface area contributed by atoms with Gasteiger partial charge >= 0.3 is 0 Å². The molecule has 1 atom stereocenters. The van der Waals surface area contributed by atoms with Crippen molar-refractivity contribution < 1.29 is 9.22 Å². The summed E-state index contributed by atoms with van der Waals surface area (Å²) >= 11 is 0. The number of rotatable bonds is 16. The van der Waals surface area contributed by atoms with Gasteiger partial charge in [0.05, 0.1) is 0 Å². The third-order valence-electron chi connectivity index (χ3n) is 4.69. The molecule has 0 N–H and O–H groups in total. The van der Waals surface area contributed by atoms with Crippen LogP contribution in [0.2, 0.25) is 19.6 Å². The Balaban J connectivity index is 3.19. The van der Waals surface area contributed by atoms with Crippen molar-refractivity contribution in [1.82, 2.24) is 0 Å². The molecule has 0 fully saturated rings. The Morgan fingerprint density at radius 1 is 0.792 bits per heavy atom. The Labute approximate surface area is 153 Å². The van der Waals surface area contributed by atoms with E-state index < -0.39 is 8.32 Å². The fourth-order valence-electron chi connectivity index (χ4n) is 2.95. The average molecular weight is 357 g/mol. The van der Waals surface area contributed by atoms with Crippen molar-refractivity contribution >= 4 is 14.3 Å². The molecular weight excluding hydrogens is 312 g/mol. The number of hydrogen-bond donors (Lipinski definition) is 0. The normalized spacial score (nSPS) is 13.0. The molecule has 0 radical (unpaired) electrons. The van der Waals surface area contributed by atoms with E-state index in [2.05, 4.69) is 33.5 Å². The second-order valence-electron chi connectivity index (χ2n) is 8.53. The molecule has 24 heavy (non-hydrogen) atoms. The molecule has 0 aromatic carbocycles. The van der Waals surface area contributed by atoms with Crippen molar-refractivity contribution in [2.24, 2.45) is 5.92 Å². The lowest BCUT2D eigenvalue weighted by molar-refractivity contribution is -0.135. The Bertz CT molecular complexity index is 297. The van der Waals surface area contributed by atoms with Gasteiger partial charge in [-0.2, -0.15) is 0 Å². The third kappa shape index (κ3) is 18.0. The van der Waals surface area contributed by atoms with Gasteiger partial charge in [0, 0.05) is 6.42 Å². The Kier molecular flexibility index (Phi) is 14.8. The molecule has 0 amide bonds. The van der Waals surface area contributed by atoms with Gasteiger partial charge in [0.15, 0.2) is 0 Å². The third-order valence-corrected chi connectivity index (χ3v) is 5.53. The fraction of sp³-hybridized carbons (Fsp3) is 0.952. The minimum absolute atomic E-state index is 0.0162. The standard InChI is InChI=1S/C21H44O2Si/c1-6-20(2)18-16-14-12-10-8-7-9-11-13-15-17-19-21(22)23-24(3,4)5/h20H,6-19H2,1-5H3. The molecule has 2 nitrogen and oxygen atoms in total. The number of unbranched alkanes of at least 4 members (excludes halogenated alkanes) is 10. The van der Waals surface area contributed by atoms with Gasteiger partial charge in [0.1, 0.15) is 0 Å². The molecule has 0 aliphatic carbocycles. The summed E-state index contributed by atoms with van der Waals surface area (Å²) in [7, 11) is -1.68. The Morgan fingerprint density at radius 2 is 1.21 bits per heavy atom. The minimum atomic E-state index is -1.68. The van der Waals surface area contributed by atoms with Crippen LogP contribution >= 0.6 is 0 Å². The van der Waals surface area contributed by atoms with Crippen LogP contribution < -0.4 is 0 Å². The van der Waals surface area contributed by atoms with E-state index in [9.17, 15) is 4.79 Å². The van der Waals surface area contributed by atoms with E-state index in [1.54, 1.807) is 0 Å². The Hall–Kier alpha value is -0.313. The van der Waals surface area contributed by atoms with Gasteiger partial charge in [-0.05, 0) is 32.0 Å². The van der Waals surface area contributed by atoms with Crippen LogP contribution in [0.3, 0.4) is 0 Å². The van der Waals surface area contributed by atoms with Crippen molar-refractivity contribution in [1.29, 1.82) is 0 Å². The lowest BCUT2D eigenvalue weighted by Gasteiger charge is -2.17.